The minimum atomic E-state index is 0.283. The lowest BCUT2D eigenvalue weighted by molar-refractivity contribution is 0.616. The van der Waals surface area contributed by atoms with E-state index in [1.54, 1.807) is 0 Å². The smallest absolute Gasteiger partial charge is 0.107 e. The predicted molar refractivity (Wildman–Crippen MR) is 72.1 cm³/mol. The Labute approximate surface area is 102 Å². The van der Waals surface area contributed by atoms with Crippen LogP contribution in [0.1, 0.15) is 38.1 Å². The fourth-order valence-electron chi connectivity index (χ4n) is 2.04. The first-order chi connectivity index (χ1) is 8.19. The summed E-state index contributed by atoms with van der Waals surface area (Å²) in [5, 5.41) is 0. The van der Waals surface area contributed by atoms with Gasteiger partial charge in [-0.25, -0.2) is 4.98 Å². The number of aromatic nitrogens is 2. The molecule has 0 spiro atoms. The Morgan fingerprint density at radius 2 is 2.24 bits per heavy atom. The molecular weight excluding hydrogens is 210 g/mol. The maximum atomic E-state index is 5.74. The molecule has 2 rings (SSSR count). The summed E-state index contributed by atoms with van der Waals surface area (Å²) in [5.74, 6) is 1.08. The van der Waals surface area contributed by atoms with Crippen molar-refractivity contribution in [3.05, 3.63) is 29.6 Å². The van der Waals surface area contributed by atoms with Crippen LogP contribution in [0.25, 0.3) is 11.0 Å². The van der Waals surface area contributed by atoms with Crippen LogP contribution in [0.3, 0.4) is 0 Å². The lowest BCUT2D eigenvalue weighted by Gasteiger charge is -2.01. The molecule has 1 atom stereocenters. The van der Waals surface area contributed by atoms with Crippen LogP contribution in [-0.4, -0.2) is 16.0 Å². The Morgan fingerprint density at radius 3 is 2.94 bits per heavy atom. The van der Waals surface area contributed by atoms with E-state index in [-0.39, 0.29) is 6.04 Å². The summed E-state index contributed by atoms with van der Waals surface area (Å²) >= 11 is 0. The summed E-state index contributed by atoms with van der Waals surface area (Å²) < 4.78 is 0. The molecule has 1 heterocycles. The van der Waals surface area contributed by atoms with Gasteiger partial charge in [-0.2, -0.15) is 0 Å². The quantitative estimate of drug-likeness (QED) is 0.831. The second-order valence-electron chi connectivity index (χ2n) is 4.76. The highest BCUT2D eigenvalue weighted by Gasteiger charge is 2.03. The van der Waals surface area contributed by atoms with E-state index in [9.17, 15) is 0 Å². The standard InChI is InChI=1S/C14H21N3/c1-3-11-7-8-12-13(9-11)17-14(16-12)6-4-5-10(2)15/h7-10H,3-6,15H2,1-2H3,(H,16,17). The van der Waals surface area contributed by atoms with E-state index in [0.717, 1.165) is 42.5 Å². The van der Waals surface area contributed by atoms with Gasteiger partial charge in [-0.3, -0.25) is 0 Å². The molecule has 0 saturated carbocycles. The van der Waals surface area contributed by atoms with Gasteiger partial charge in [0.2, 0.25) is 0 Å². The average molecular weight is 231 g/mol. The molecule has 17 heavy (non-hydrogen) atoms. The summed E-state index contributed by atoms with van der Waals surface area (Å²) in [7, 11) is 0. The minimum Gasteiger partial charge on any atom is -0.342 e. The summed E-state index contributed by atoms with van der Waals surface area (Å²) in [6.45, 7) is 4.22. The van der Waals surface area contributed by atoms with Crippen molar-refractivity contribution in [2.45, 2.75) is 45.6 Å². The zero-order valence-electron chi connectivity index (χ0n) is 10.7. The van der Waals surface area contributed by atoms with E-state index in [1.165, 1.54) is 5.56 Å². The van der Waals surface area contributed by atoms with Crippen LogP contribution in [0.4, 0.5) is 0 Å². The van der Waals surface area contributed by atoms with Crippen molar-refractivity contribution < 1.29 is 0 Å². The Hall–Kier alpha value is -1.35. The molecule has 0 aliphatic rings. The molecule has 0 saturated heterocycles. The third kappa shape index (κ3) is 3.07. The SMILES string of the molecule is CCc1ccc2nc(CCCC(C)N)[nH]c2c1. The number of hydrogen-bond acceptors (Lipinski definition) is 2. The zero-order valence-corrected chi connectivity index (χ0v) is 10.7. The monoisotopic (exact) mass is 231 g/mol. The number of nitrogens with zero attached hydrogens (tertiary/aromatic N) is 1. The molecule has 0 aliphatic heterocycles. The van der Waals surface area contributed by atoms with Gasteiger partial charge in [0.1, 0.15) is 5.82 Å². The van der Waals surface area contributed by atoms with Gasteiger partial charge < -0.3 is 10.7 Å². The topological polar surface area (TPSA) is 54.7 Å². The van der Waals surface area contributed by atoms with Crippen LogP contribution in [-0.2, 0) is 12.8 Å². The molecule has 1 aromatic carbocycles. The van der Waals surface area contributed by atoms with E-state index in [4.69, 9.17) is 5.73 Å². The third-order valence-corrected chi connectivity index (χ3v) is 3.08. The van der Waals surface area contributed by atoms with Crippen molar-refractivity contribution in [2.24, 2.45) is 5.73 Å². The van der Waals surface area contributed by atoms with Gasteiger partial charge in [-0.15, -0.1) is 0 Å². The molecule has 0 fully saturated rings. The number of aryl methyl sites for hydroxylation is 2. The second-order valence-corrected chi connectivity index (χ2v) is 4.76. The number of hydrogen-bond donors (Lipinski definition) is 2. The fraction of sp³-hybridized carbons (Fsp3) is 0.500. The number of fused-ring (bicyclic) bond motifs is 1. The van der Waals surface area contributed by atoms with Crippen LogP contribution < -0.4 is 5.73 Å². The molecular formula is C14H21N3. The molecule has 3 N–H and O–H groups in total. The number of nitrogens with one attached hydrogen (secondary N) is 1. The van der Waals surface area contributed by atoms with Gasteiger partial charge in [0, 0.05) is 12.5 Å². The van der Waals surface area contributed by atoms with Gasteiger partial charge in [-0.1, -0.05) is 13.0 Å². The maximum Gasteiger partial charge on any atom is 0.107 e. The molecule has 0 amide bonds. The van der Waals surface area contributed by atoms with Crippen molar-refractivity contribution in [1.29, 1.82) is 0 Å². The number of nitrogens with two attached hydrogens (primary N) is 1. The molecule has 92 valence electrons. The number of rotatable bonds is 5. The minimum absolute atomic E-state index is 0.283. The lowest BCUT2D eigenvalue weighted by atomic mass is 10.1. The molecule has 0 aliphatic carbocycles. The Kier molecular flexibility index (Phi) is 3.79. The van der Waals surface area contributed by atoms with E-state index in [0.29, 0.717) is 0 Å². The largest absolute Gasteiger partial charge is 0.342 e. The molecule has 0 bridgehead atoms. The lowest BCUT2D eigenvalue weighted by Crippen LogP contribution is -2.14. The Morgan fingerprint density at radius 1 is 1.41 bits per heavy atom. The number of imidazole rings is 1. The highest BCUT2D eigenvalue weighted by atomic mass is 14.9. The number of benzene rings is 1. The van der Waals surface area contributed by atoms with Crippen LogP contribution in [0, 0.1) is 0 Å². The normalized spacial score (nSPS) is 13.1. The fourth-order valence-corrected chi connectivity index (χ4v) is 2.04. The van der Waals surface area contributed by atoms with Crippen molar-refractivity contribution in [3.63, 3.8) is 0 Å². The molecule has 3 nitrogen and oxygen atoms in total. The van der Waals surface area contributed by atoms with Crippen molar-refractivity contribution >= 4 is 11.0 Å². The predicted octanol–water partition coefficient (Wildman–Crippen LogP) is 2.80. The van der Waals surface area contributed by atoms with Crippen LogP contribution in [0.5, 0.6) is 0 Å². The molecule has 1 unspecified atom stereocenters. The van der Waals surface area contributed by atoms with Crippen LogP contribution >= 0.6 is 0 Å². The third-order valence-electron chi connectivity index (χ3n) is 3.08. The highest BCUT2D eigenvalue weighted by molar-refractivity contribution is 5.75. The van der Waals surface area contributed by atoms with Gasteiger partial charge in [0.15, 0.2) is 0 Å². The highest BCUT2D eigenvalue weighted by Crippen LogP contribution is 2.15. The van der Waals surface area contributed by atoms with Gasteiger partial charge in [0.05, 0.1) is 11.0 Å². The number of aromatic amines is 1. The Balaban J connectivity index is 2.09. The molecule has 2 aromatic rings. The van der Waals surface area contributed by atoms with Gasteiger partial charge in [0.25, 0.3) is 0 Å². The zero-order chi connectivity index (χ0) is 12.3. The van der Waals surface area contributed by atoms with Crippen molar-refractivity contribution in [3.8, 4) is 0 Å². The molecule has 3 heteroatoms. The summed E-state index contributed by atoms with van der Waals surface area (Å²) in [4.78, 5) is 7.98. The average Bonchev–Trinajstić information content (AvgIpc) is 2.69. The van der Waals surface area contributed by atoms with E-state index in [1.807, 2.05) is 6.92 Å². The summed E-state index contributed by atoms with van der Waals surface area (Å²) in [6, 6.07) is 6.72. The second kappa shape index (κ2) is 5.32. The van der Waals surface area contributed by atoms with Crippen molar-refractivity contribution in [1.82, 2.24) is 9.97 Å². The molecule has 0 radical (unpaired) electrons. The van der Waals surface area contributed by atoms with Gasteiger partial charge in [-0.05, 0) is 43.9 Å². The number of H-pyrrole nitrogens is 1. The van der Waals surface area contributed by atoms with Gasteiger partial charge >= 0.3 is 0 Å². The van der Waals surface area contributed by atoms with E-state index >= 15 is 0 Å². The molecule has 1 aromatic heterocycles. The van der Waals surface area contributed by atoms with E-state index < -0.39 is 0 Å². The maximum absolute atomic E-state index is 5.74. The van der Waals surface area contributed by atoms with Crippen molar-refractivity contribution in [2.75, 3.05) is 0 Å². The first-order valence-corrected chi connectivity index (χ1v) is 6.42. The van der Waals surface area contributed by atoms with E-state index in [2.05, 4.69) is 35.1 Å². The summed E-state index contributed by atoms with van der Waals surface area (Å²) in [6.07, 6.45) is 4.20. The summed E-state index contributed by atoms with van der Waals surface area (Å²) in [5.41, 5.74) is 9.31. The van der Waals surface area contributed by atoms with Crippen LogP contribution in [0.2, 0.25) is 0 Å². The Bertz CT molecular complexity index is 485. The first kappa shape index (κ1) is 12.1. The van der Waals surface area contributed by atoms with Crippen LogP contribution in [0.15, 0.2) is 18.2 Å². The first-order valence-electron chi connectivity index (χ1n) is 6.42.